The summed E-state index contributed by atoms with van der Waals surface area (Å²) in [6.45, 7) is 0. The van der Waals surface area contributed by atoms with E-state index in [9.17, 15) is 13.6 Å². The molecule has 0 spiro atoms. The molecule has 1 heterocycles. The first-order valence-electron chi connectivity index (χ1n) is 6.51. The molecule has 3 rings (SSSR count). The van der Waals surface area contributed by atoms with Gasteiger partial charge in [-0.25, -0.2) is 8.78 Å². The summed E-state index contributed by atoms with van der Waals surface area (Å²) in [5.74, 6) is -1.68. The second kappa shape index (κ2) is 5.48. The van der Waals surface area contributed by atoms with E-state index in [-0.39, 0.29) is 17.2 Å². The summed E-state index contributed by atoms with van der Waals surface area (Å²) in [5, 5.41) is 7.64. The average Bonchev–Trinajstić information content (AvgIpc) is 2.75. The smallest absolute Gasteiger partial charge is 0.279 e. The summed E-state index contributed by atoms with van der Waals surface area (Å²) in [5.41, 5.74) is 1.70. The molecular weight excluding hydrogens is 288 g/mol. The highest BCUT2D eigenvalue weighted by Crippen LogP contribution is 2.27. The Morgan fingerprint density at radius 2 is 1.91 bits per heavy atom. The number of carbonyl (C=O) groups excluding carboxylic acids is 1. The Hall–Kier alpha value is -2.89. The Kier molecular flexibility index (Phi) is 3.50. The first kappa shape index (κ1) is 14.1. The number of para-hydroxylation sites is 1. The largest absolute Gasteiger partial charge is 0.309 e. The van der Waals surface area contributed by atoms with Crippen molar-refractivity contribution >= 4 is 23.5 Å². The molecule has 0 saturated carbocycles. The highest BCUT2D eigenvalue weighted by molar-refractivity contribution is 6.54. The summed E-state index contributed by atoms with van der Waals surface area (Å²) in [6.07, 6.45) is 1.15. The Morgan fingerprint density at radius 3 is 2.68 bits per heavy atom. The van der Waals surface area contributed by atoms with Crippen molar-refractivity contribution in [2.24, 2.45) is 10.2 Å². The molecule has 0 saturated heterocycles. The lowest BCUT2D eigenvalue weighted by Crippen LogP contribution is -2.25. The van der Waals surface area contributed by atoms with E-state index in [0.717, 1.165) is 24.0 Å². The first-order chi connectivity index (χ1) is 10.6. The molecule has 0 unspecified atom stereocenters. The molecule has 6 heteroatoms. The van der Waals surface area contributed by atoms with Gasteiger partial charge in [0.25, 0.3) is 5.91 Å². The minimum atomic E-state index is -0.737. The molecule has 1 aliphatic rings. The highest BCUT2D eigenvalue weighted by Gasteiger charge is 2.30. The molecule has 1 amide bonds. The van der Waals surface area contributed by atoms with E-state index in [1.165, 1.54) is 11.0 Å². The number of carbonyl (C=O) groups is 1. The van der Waals surface area contributed by atoms with Gasteiger partial charge in [-0.3, -0.25) is 4.79 Å². The van der Waals surface area contributed by atoms with Gasteiger partial charge in [0, 0.05) is 24.2 Å². The number of fused-ring (bicyclic) bond motifs is 1. The van der Waals surface area contributed by atoms with Gasteiger partial charge in [-0.1, -0.05) is 18.2 Å². The molecule has 0 bridgehead atoms. The number of likely N-dealkylation sites (N-methyl/N-ethyl adjacent to an activating group) is 1. The Balaban J connectivity index is 1.93. The van der Waals surface area contributed by atoms with E-state index >= 15 is 0 Å². The standard InChI is InChI=1S/C16H11F2N3O/c1-21-14-5-3-2-4-12(14)15(16(21)22)20-19-9-10-6-7-11(17)8-13(10)18/h2-9H,1H3/b19-9-,20-15+. The van der Waals surface area contributed by atoms with Crippen LogP contribution >= 0.6 is 0 Å². The zero-order valence-corrected chi connectivity index (χ0v) is 11.6. The fourth-order valence-corrected chi connectivity index (χ4v) is 2.20. The number of hydrogen-bond donors (Lipinski definition) is 0. The van der Waals surface area contributed by atoms with E-state index in [4.69, 9.17) is 0 Å². The minimum absolute atomic E-state index is 0.0952. The van der Waals surface area contributed by atoms with Crippen molar-refractivity contribution in [3.63, 3.8) is 0 Å². The van der Waals surface area contributed by atoms with Crippen LogP contribution in [0.5, 0.6) is 0 Å². The normalized spacial score (nSPS) is 15.9. The van der Waals surface area contributed by atoms with Crippen LogP contribution in [0.1, 0.15) is 11.1 Å². The van der Waals surface area contributed by atoms with Crippen LogP contribution < -0.4 is 4.90 Å². The molecule has 0 N–H and O–H groups in total. The van der Waals surface area contributed by atoms with E-state index in [1.54, 1.807) is 25.2 Å². The number of hydrogen-bond acceptors (Lipinski definition) is 3. The maximum atomic E-state index is 13.5. The van der Waals surface area contributed by atoms with Crippen LogP contribution in [-0.4, -0.2) is 24.9 Å². The Bertz CT molecular complexity index is 815. The summed E-state index contributed by atoms with van der Waals surface area (Å²) in [4.78, 5) is 13.6. The van der Waals surface area contributed by atoms with Crippen LogP contribution in [0.4, 0.5) is 14.5 Å². The first-order valence-corrected chi connectivity index (χ1v) is 6.51. The van der Waals surface area contributed by atoms with E-state index in [2.05, 4.69) is 10.2 Å². The molecule has 4 nitrogen and oxygen atoms in total. The van der Waals surface area contributed by atoms with E-state index in [1.807, 2.05) is 6.07 Å². The lowest BCUT2D eigenvalue weighted by molar-refractivity contribution is -0.111. The molecular formula is C16H11F2N3O. The van der Waals surface area contributed by atoms with Crippen LogP contribution in [0.15, 0.2) is 52.7 Å². The Morgan fingerprint density at radius 1 is 1.14 bits per heavy atom. The van der Waals surface area contributed by atoms with Gasteiger partial charge in [0.05, 0.1) is 11.9 Å². The third-order valence-corrected chi connectivity index (χ3v) is 3.34. The SMILES string of the molecule is CN1C(=O)/C(=N/N=C\c2ccc(F)cc2F)c2ccccc21. The Labute approximate surface area is 125 Å². The molecule has 1 aliphatic heterocycles. The van der Waals surface area contributed by atoms with Crippen LogP contribution in [0.3, 0.4) is 0 Å². The summed E-state index contributed by atoms with van der Waals surface area (Å²) < 4.78 is 26.3. The summed E-state index contributed by atoms with van der Waals surface area (Å²) in [6, 6.07) is 10.3. The van der Waals surface area contributed by atoms with E-state index in [0.29, 0.717) is 5.56 Å². The summed E-state index contributed by atoms with van der Waals surface area (Å²) >= 11 is 0. The van der Waals surface area contributed by atoms with Gasteiger partial charge < -0.3 is 4.90 Å². The number of nitrogens with zero attached hydrogens (tertiary/aromatic N) is 3. The molecule has 2 aromatic rings. The zero-order valence-electron chi connectivity index (χ0n) is 11.6. The van der Waals surface area contributed by atoms with Crippen molar-refractivity contribution in [3.05, 3.63) is 65.2 Å². The number of rotatable bonds is 2. The van der Waals surface area contributed by atoms with Crippen LogP contribution in [0, 0.1) is 11.6 Å². The fourth-order valence-electron chi connectivity index (χ4n) is 2.20. The molecule has 0 aliphatic carbocycles. The molecule has 0 radical (unpaired) electrons. The van der Waals surface area contributed by atoms with E-state index < -0.39 is 11.6 Å². The van der Waals surface area contributed by atoms with Gasteiger partial charge in [-0.05, 0) is 18.2 Å². The van der Waals surface area contributed by atoms with Gasteiger partial charge in [0.1, 0.15) is 11.6 Å². The average molecular weight is 299 g/mol. The van der Waals surface area contributed by atoms with Gasteiger partial charge >= 0.3 is 0 Å². The van der Waals surface area contributed by atoms with Gasteiger partial charge in [0.15, 0.2) is 5.71 Å². The van der Waals surface area contributed by atoms with Crippen LogP contribution in [0.25, 0.3) is 0 Å². The molecule has 0 atom stereocenters. The van der Waals surface area contributed by atoms with Crippen LogP contribution in [-0.2, 0) is 4.79 Å². The molecule has 110 valence electrons. The van der Waals surface area contributed by atoms with Gasteiger partial charge in [-0.15, -0.1) is 5.10 Å². The van der Waals surface area contributed by atoms with Crippen molar-refractivity contribution in [1.82, 2.24) is 0 Å². The number of halogens is 2. The highest BCUT2D eigenvalue weighted by atomic mass is 19.1. The second-order valence-corrected chi connectivity index (χ2v) is 4.74. The third-order valence-electron chi connectivity index (χ3n) is 3.34. The lowest BCUT2D eigenvalue weighted by atomic mass is 10.1. The van der Waals surface area contributed by atoms with Crippen molar-refractivity contribution < 1.29 is 13.6 Å². The molecule has 22 heavy (non-hydrogen) atoms. The van der Waals surface area contributed by atoms with Crippen molar-refractivity contribution in [2.45, 2.75) is 0 Å². The van der Waals surface area contributed by atoms with Crippen molar-refractivity contribution in [3.8, 4) is 0 Å². The predicted molar refractivity (Wildman–Crippen MR) is 80.3 cm³/mol. The van der Waals surface area contributed by atoms with Crippen LogP contribution in [0.2, 0.25) is 0 Å². The quantitative estimate of drug-likeness (QED) is 0.621. The van der Waals surface area contributed by atoms with Gasteiger partial charge in [0.2, 0.25) is 0 Å². The summed E-state index contributed by atoms with van der Waals surface area (Å²) in [7, 11) is 1.65. The monoisotopic (exact) mass is 299 g/mol. The van der Waals surface area contributed by atoms with Crippen molar-refractivity contribution in [1.29, 1.82) is 0 Å². The minimum Gasteiger partial charge on any atom is -0.309 e. The zero-order chi connectivity index (χ0) is 15.7. The van der Waals surface area contributed by atoms with Gasteiger partial charge in [-0.2, -0.15) is 5.10 Å². The number of amides is 1. The maximum Gasteiger partial charge on any atom is 0.279 e. The molecule has 0 fully saturated rings. The lowest BCUT2D eigenvalue weighted by Gasteiger charge is -2.07. The second-order valence-electron chi connectivity index (χ2n) is 4.74. The molecule has 0 aromatic heterocycles. The third kappa shape index (κ3) is 2.39. The fraction of sp³-hybridized carbons (Fsp3) is 0.0625. The number of benzene rings is 2. The molecule has 2 aromatic carbocycles. The maximum absolute atomic E-state index is 13.5. The number of anilines is 1. The van der Waals surface area contributed by atoms with Crippen molar-refractivity contribution in [2.75, 3.05) is 11.9 Å². The topological polar surface area (TPSA) is 45.0 Å². The predicted octanol–water partition coefficient (Wildman–Crippen LogP) is 2.76.